The van der Waals surface area contributed by atoms with Crippen LogP contribution in [-0.2, 0) is 28.9 Å². The molecule has 5 heteroatoms. The van der Waals surface area contributed by atoms with Crippen LogP contribution in [0.3, 0.4) is 0 Å². The molecule has 1 atom stereocenters. The Kier molecular flexibility index (Phi) is 8.10. The molecule has 3 rings (SSSR count). The highest BCUT2D eigenvalue weighted by molar-refractivity contribution is 6.31. The molecule has 0 radical (unpaired) electrons. The van der Waals surface area contributed by atoms with Crippen LogP contribution in [0.5, 0.6) is 0 Å². The Hall–Kier alpha value is -1.88. The van der Waals surface area contributed by atoms with E-state index in [1.807, 2.05) is 29.2 Å². The maximum Gasteiger partial charge on any atom is 0.227 e. The molecule has 0 bridgehead atoms. The monoisotopic (exact) mass is 414 g/mol. The van der Waals surface area contributed by atoms with Gasteiger partial charge in [0.1, 0.15) is 0 Å². The summed E-state index contributed by atoms with van der Waals surface area (Å²) in [7, 11) is 1.72. The summed E-state index contributed by atoms with van der Waals surface area (Å²) in [6.45, 7) is 1.63. The maximum absolute atomic E-state index is 13.4. The molecular weight excluding hydrogens is 384 g/mol. The minimum absolute atomic E-state index is 0.139. The van der Waals surface area contributed by atoms with Gasteiger partial charge in [-0.25, -0.2) is 0 Å². The molecule has 0 spiro atoms. The predicted octanol–water partition coefficient (Wildman–Crippen LogP) is 4.23. The molecule has 0 aromatic heterocycles. The van der Waals surface area contributed by atoms with E-state index in [1.165, 1.54) is 5.56 Å². The van der Waals surface area contributed by atoms with Gasteiger partial charge in [-0.05, 0) is 54.9 Å². The van der Waals surface area contributed by atoms with Crippen molar-refractivity contribution >= 4 is 17.5 Å². The Bertz CT molecular complexity index is 793. The van der Waals surface area contributed by atoms with Crippen molar-refractivity contribution in [1.82, 2.24) is 4.90 Å². The molecule has 29 heavy (non-hydrogen) atoms. The van der Waals surface area contributed by atoms with Gasteiger partial charge in [0.05, 0.1) is 5.92 Å². The van der Waals surface area contributed by atoms with Gasteiger partial charge in [-0.15, -0.1) is 0 Å². The normalized spacial score (nSPS) is 14.6. The first-order valence-electron chi connectivity index (χ1n) is 10.4. The van der Waals surface area contributed by atoms with E-state index in [9.17, 15) is 4.79 Å². The summed E-state index contributed by atoms with van der Waals surface area (Å²) in [6, 6.07) is 16.5. The van der Waals surface area contributed by atoms with Gasteiger partial charge >= 0.3 is 0 Å². The lowest BCUT2D eigenvalue weighted by Crippen LogP contribution is -2.41. The minimum Gasteiger partial charge on any atom is -0.385 e. The van der Waals surface area contributed by atoms with Crippen LogP contribution in [0, 0.1) is 5.92 Å². The zero-order valence-corrected chi connectivity index (χ0v) is 17.9. The molecule has 1 fully saturated rings. The van der Waals surface area contributed by atoms with Crippen LogP contribution in [0.2, 0.25) is 5.02 Å². The van der Waals surface area contributed by atoms with E-state index >= 15 is 0 Å². The number of aryl methyl sites for hydroxylation is 1. The third kappa shape index (κ3) is 6.30. The molecule has 0 aliphatic heterocycles. The van der Waals surface area contributed by atoms with Crippen LogP contribution >= 0.6 is 11.6 Å². The van der Waals surface area contributed by atoms with Crippen molar-refractivity contribution in [3.63, 3.8) is 0 Å². The Balaban J connectivity index is 1.72. The van der Waals surface area contributed by atoms with Gasteiger partial charge in [-0.3, -0.25) is 4.79 Å². The highest BCUT2D eigenvalue weighted by Gasteiger charge is 2.35. The minimum atomic E-state index is -0.207. The van der Waals surface area contributed by atoms with Crippen molar-refractivity contribution < 1.29 is 9.53 Å². The third-order valence-electron chi connectivity index (χ3n) is 5.49. The van der Waals surface area contributed by atoms with Crippen molar-refractivity contribution in [3.8, 4) is 0 Å². The van der Waals surface area contributed by atoms with Gasteiger partial charge in [0, 0.05) is 37.9 Å². The van der Waals surface area contributed by atoms with E-state index in [1.54, 1.807) is 7.11 Å². The smallest absolute Gasteiger partial charge is 0.227 e. The molecule has 0 heterocycles. The molecule has 1 unspecified atom stereocenters. The Morgan fingerprint density at radius 2 is 1.97 bits per heavy atom. The van der Waals surface area contributed by atoms with Crippen LogP contribution in [0.1, 0.15) is 36.0 Å². The van der Waals surface area contributed by atoms with E-state index in [-0.39, 0.29) is 11.8 Å². The first kappa shape index (κ1) is 21.8. The zero-order chi connectivity index (χ0) is 20.6. The Morgan fingerprint density at radius 1 is 1.21 bits per heavy atom. The van der Waals surface area contributed by atoms with Crippen LogP contribution in [0.25, 0.3) is 0 Å². The van der Waals surface area contributed by atoms with Gasteiger partial charge in [0.2, 0.25) is 5.91 Å². The highest BCUT2D eigenvalue weighted by atomic mass is 35.5. The number of ether oxygens (including phenoxy) is 1. The molecule has 2 N–H and O–H groups in total. The van der Waals surface area contributed by atoms with Crippen LogP contribution < -0.4 is 5.73 Å². The summed E-state index contributed by atoms with van der Waals surface area (Å²) >= 11 is 6.49. The highest BCUT2D eigenvalue weighted by Crippen LogP contribution is 2.32. The molecular formula is C24H31ClN2O2. The van der Waals surface area contributed by atoms with E-state index in [2.05, 4.69) is 24.3 Å². The van der Waals surface area contributed by atoms with E-state index in [0.29, 0.717) is 30.6 Å². The molecule has 1 amide bonds. The number of nitrogens with zero attached hydrogens (tertiary/aromatic N) is 1. The summed E-state index contributed by atoms with van der Waals surface area (Å²) in [4.78, 5) is 15.4. The number of hydrogen-bond donors (Lipinski definition) is 1. The second-order valence-corrected chi connectivity index (χ2v) is 8.25. The Labute approximate surface area is 179 Å². The Morgan fingerprint density at radius 3 is 2.62 bits per heavy atom. The number of benzene rings is 2. The average molecular weight is 415 g/mol. The number of halogens is 1. The van der Waals surface area contributed by atoms with Crippen molar-refractivity contribution in [3.05, 3.63) is 70.2 Å². The standard InChI is InChI=1S/C24H31ClN2O2/c1-29-13-5-8-19-9-12-23(25)21(15-19)17-27(22-10-11-22)24(28)20(16-26)14-18-6-3-2-4-7-18/h2-4,6-7,9,12,15,20,22H,5,8,10-11,13-14,16-17,26H2,1H3. The topological polar surface area (TPSA) is 55.6 Å². The van der Waals surface area contributed by atoms with E-state index in [4.69, 9.17) is 22.1 Å². The first-order valence-corrected chi connectivity index (χ1v) is 10.8. The number of carbonyl (C=O) groups excluding carboxylic acids is 1. The van der Waals surface area contributed by atoms with Gasteiger partial charge in [-0.2, -0.15) is 0 Å². The van der Waals surface area contributed by atoms with Crippen LogP contribution in [0.4, 0.5) is 0 Å². The fourth-order valence-corrected chi connectivity index (χ4v) is 3.86. The zero-order valence-electron chi connectivity index (χ0n) is 17.1. The van der Waals surface area contributed by atoms with Crippen LogP contribution in [-0.4, -0.2) is 37.1 Å². The first-order chi connectivity index (χ1) is 14.1. The molecule has 1 aliphatic carbocycles. The molecule has 1 aliphatic rings. The fourth-order valence-electron chi connectivity index (χ4n) is 3.69. The van der Waals surface area contributed by atoms with Gasteiger partial charge in [0.25, 0.3) is 0 Å². The summed E-state index contributed by atoms with van der Waals surface area (Å²) in [5.74, 6) is -0.0682. The van der Waals surface area contributed by atoms with Crippen molar-refractivity contribution in [2.75, 3.05) is 20.3 Å². The summed E-state index contributed by atoms with van der Waals surface area (Å²) in [6.07, 6.45) is 4.69. The number of rotatable bonds is 11. The van der Waals surface area contributed by atoms with Crippen molar-refractivity contribution in [2.45, 2.75) is 44.7 Å². The van der Waals surface area contributed by atoms with Crippen molar-refractivity contribution in [2.24, 2.45) is 11.7 Å². The van der Waals surface area contributed by atoms with E-state index in [0.717, 1.165) is 43.4 Å². The van der Waals surface area contributed by atoms with Crippen LogP contribution in [0.15, 0.2) is 48.5 Å². The van der Waals surface area contributed by atoms with E-state index < -0.39 is 0 Å². The van der Waals surface area contributed by atoms with Gasteiger partial charge in [0.15, 0.2) is 0 Å². The summed E-state index contributed by atoms with van der Waals surface area (Å²) in [5, 5.41) is 0.714. The number of methoxy groups -OCH3 is 1. The second-order valence-electron chi connectivity index (χ2n) is 7.84. The SMILES string of the molecule is COCCCc1ccc(Cl)c(CN(C(=O)C(CN)Cc2ccccc2)C2CC2)c1. The number of amides is 1. The lowest BCUT2D eigenvalue weighted by atomic mass is 9.97. The molecule has 4 nitrogen and oxygen atoms in total. The quantitative estimate of drug-likeness (QED) is 0.560. The van der Waals surface area contributed by atoms with Gasteiger partial charge in [-0.1, -0.05) is 54.1 Å². The van der Waals surface area contributed by atoms with Crippen molar-refractivity contribution in [1.29, 1.82) is 0 Å². The molecule has 0 saturated heterocycles. The lowest BCUT2D eigenvalue weighted by molar-refractivity contribution is -0.136. The summed E-state index contributed by atoms with van der Waals surface area (Å²) < 4.78 is 5.15. The lowest BCUT2D eigenvalue weighted by Gasteiger charge is -2.28. The number of hydrogen-bond acceptors (Lipinski definition) is 3. The number of nitrogens with two attached hydrogens (primary N) is 1. The molecule has 2 aromatic carbocycles. The maximum atomic E-state index is 13.4. The fraction of sp³-hybridized carbons (Fsp3) is 0.458. The molecule has 1 saturated carbocycles. The average Bonchev–Trinajstić information content (AvgIpc) is 3.58. The second kappa shape index (κ2) is 10.8. The third-order valence-corrected chi connectivity index (χ3v) is 5.86. The van der Waals surface area contributed by atoms with Gasteiger partial charge < -0.3 is 15.4 Å². The largest absolute Gasteiger partial charge is 0.385 e. The molecule has 2 aromatic rings. The molecule has 156 valence electrons. The summed E-state index contributed by atoms with van der Waals surface area (Å²) in [5.41, 5.74) is 9.39. The number of carbonyl (C=O) groups is 1. The predicted molar refractivity (Wildman–Crippen MR) is 118 cm³/mol.